The van der Waals surface area contributed by atoms with Crippen LogP contribution in [0.1, 0.15) is 10.4 Å². The molecule has 29 heavy (non-hydrogen) atoms. The fourth-order valence-electron chi connectivity index (χ4n) is 3.51. The van der Waals surface area contributed by atoms with Crippen molar-refractivity contribution in [2.45, 2.75) is 0 Å². The third kappa shape index (κ3) is 5.12. The number of ether oxygens (including phenoxy) is 3. The lowest BCUT2D eigenvalue weighted by molar-refractivity contribution is 0.0941. The Morgan fingerprint density at radius 1 is 0.897 bits per heavy atom. The van der Waals surface area contributed by atoms with Gasteiger partial charge in [-0.2, -0.15) is 0 Å². The predicted molar refractivity (Wildman–Crippen MR) is 114 cm³/mol. The fraction of sp³-hybridized carbons (Fsp3) is 0.409. The first kappa shape index (κ1) is 20.8. The van der Waals surface area contributed by atoms with Crippen LogP contribution in [0.5, 0.6) is 17.2 Å². The zero-order valence-corrected chi connectivity index (χ0v) is 17.3. The highest BCUT2D eigenvalue weighted by Crippen LogP contribution is 2.28. The largest absolute Gasteiger partial charge is 0.497 e. The molecule has 0 radical (unpaired) electrons. The van der Waals surface area contributed by atoms with Crippen molar-refractivity contribution < 1.29 is 19.0 Å². The molecule has 7 heteroatoms. The molecule has 2 aromatic carbocycles. The van der Waals surface area contributed by atoms with Crippen LogP contribution < -0.4 is 24.4 Å². The Kier molecular flexibility index (Phi) is 7.19. The number of hydrogen-bond acceptors (Lipinski definition) is 6. The number of carbonyl (C=O) groups excluding carboxylic acids is 1. The maximum absolute atomic E-state index is 12.6. The maximum Gasteiger partial charge on any atom is 0.258 e. The van der Waals surface area contributed by atoms with Crippen molar-refractivity contribution in [2.75, 3.05) is 65.5 Å². The topological polar surface area (TPSA) is 63.3 Å². The van der Waals surface area contributed by atoms with E-state index in [1.165, 1.54) is 5.69 Å². The second kappa shape index (κ2) is 10.0. The summed E-state index contributed by atoms with van der Waals surface area (Å²) >= 11 is 0. The summed E-state index contributed by atoms with van der Waals surface area (Å²) in [5.41, 5.74) is 1.64. The Morgan fingerprint density at radius 2 is 1.52 bits per heavy atom. The van der Waals surface area contributed by atoms with Gasteiger partial charge >= 0.3 is 0 Å². The molecule has 3 rings (SSSR count). The summed E-state index contributed by atoms with van der Waals surface area (Å²) in [6.07, 6.45) is 0. The lowest BCUT2D eigenvalue weighted by Crippen LogP contribution is -2.48. The number of nitrogens with zero attached hydrogens (tertiary/aromatic N) is 2. The number of hydrogen-bond donors (Lipinski definition) is 1. The number of amides is 1. The van der Waals surface area contributed by atoms with Crippen molar-refractivity contribution in [3.8, 4) is 17.2 Å². The number of anilines is 1. The van der Waals surface area contributed by atoms with Gasteiger partial charge in [-0.05, 0) is 36.4 Å². The van der Waals surface area contributed by atoms with E-state index in [1.807, 2.05) is 12.1 Å². The van der Waals surface area contributed by atoms with Crippen LogP contribution in [0.4, 0.5) is 5.69 Å². The molecule has 1 saturated heterocycles. The van der Waals surface area contributed by atoms with E-state index in [4.69, 9.17) is 14.2 Å². The van der Waals surface area contributed by atoms with Crippen molar-refractivity contribution in [2.24, 2.45) is 0 Å². The van der Waals surface area contributed by atoms with Crippen molar-refractivity contribution in [3.63, 3.8) is 0 Å². The molecular formula is C22H29N3O4. The van der Waals surface area contributed by atoms with Crippen molar-refractivity contribution in [1.29, 1.82) is 0 Å². The molecule has 0 bridgehead atoms. The molecule has 7 nitrogen and oxygen atoms in total. The van der Waals surface area contributed by atoms with Gasteiger partial charge in [-0.15, -0.1) is 0 Å². The minimum absolute atomic E-state index is 0.184. The van der Waals surface area contributed by atoms with Gasteiger partial charge in [0.1, 0.15) is 22.8 Å². The summed E-state index contributed by atoms with van der Waals surface area (Å²) in [4.78, 5) is 17.4. The van der Waals surface area contributed by atoms with Gasteiger partial charge in [-0.3, -0.25) is 9.69 Å². The first-order valence-corrected chi connectivity index (χ1v) is 9.76. The summed E-state index contributed by atoms with van der Waals surface area (Å²) in [6.45, 7) is 5.21. The molecule has 1 N–H and O–H groups in total. The average Bonchev–Trinajstić information content (AvgIpc) is 2.78. The zero-order chi connectivity index (χ0) is 20.6. The van der Waals surface area contributed by atoms with E-state index in [9.17, 15) is 4.79 Å². The standard InChI is InChI=1S/C22H29N3O4/c1-27-18-9-7-17(8-10-18)25-15-13-24(14-16-25)12-11-23-22(26)21-19(28-2)5-4-6-20(21)29-3/h4-10H,11-16H2,1-3H3,(H,23,26). The molecule has 2 aromatic rings. The van der Waals surface area contributed by atoms with Crippen LogP contribution in [0.3, 0.4) is 0 Å². The SMILES string of the molecule is COc1ccc(N2CCN(CCNC(=O)c3c(OC)cccc3OC)CC2)cc1. The molecular weight excluding hydrogens is 370 g/mol. The Labute approximate surface area is 172 Å². The van der Waals surface area contributed by atoms with E-state index >= 15 is 0 Å². The van der Waals surface area contributed by atoms with Crippen LogP contribution in [0, 0.1) is 0 Å². The summed E-state index contributed by atoms with van der Waals surface area (Å²) < 4.78 is 15.8. The normalized spacial score (nSPS) is 14.4. The van der Waals surface area contributed by atoms with Gasteiger partial charge in [0.05, 0.1) is 21.3 Å². The highest BCUT2D eigenvalue weighted by atomic mass is 16.5. The van der Waals surface area contributed by atoms with Crippen molar-refractivity contribution >= 4 is 11.6 Å². The van der Waals surface area contributed by atoms with Crippen LogP contribution in [0.2, 0.25) is 0 Å². The lowest BCUT2D eigenvalue weighted by atomic mass is 10.1. The number of carbonyl (C=O) groups is 1. The smallest absolute Gasteiger partial charge is 0.258 e. The van der Waals surface area contributed by atoms with Crippen LogP contribution in [0.15, 0.2) is 42.5 Å². The highest BCUT2D eigenvalue weighted by Gasteiger charge is 2.20. The van der Waals surface area contributed by atoms with Gasteiger partial charge in [0.15, 0.2) is 0 Å². The van der Waals surface area contributed by atoms with E-state index in [2.05, 4.69) is 27.2 Å². The number of benzene rings is 2. The number of methoxy groups -OCH3 is 3. The summed E-state index contributed by atoms with van der Waals surface area (Å²) in [5.74, 6) is 1.70. The van der Waals surface area contributed by atoms with Crippen LogP contribution in [-0.4, -0.2) is 71.4 Å². The Balaban J connectivity index is 1.47. The predicted octanol–water partition coefficient (Wildman–Crippen LogP) is 2.26. The fourth-order valence-corrected chi connectivity index (χ4v) is 3.51. The molecule has 1 aliphatic heterocycles. The first-order chi connectivity index (χ1) is 14.2. The quantitative estimate of drug-likeness (QED) is 0.735. The minimum atomic E-state index is -0.184. The number of rotatable bonds is 8. The molecule has 0 aliphatic carbocycles. The van der Waals surface area contributed by atoms with Crippen molar-refractivity contribution in [1.82, 2.24) is 10.2 Å². The number of piperazine rings is 1. The van der Waals surface area contributed by atoms with Crippen LogP contribution in [-0.2, 0) is 0 Å². The average molecular weight is 399 g/mol. The number of nitrogens with one attached hydrogen (secondary N) is 1. The van der Waals surface area contributed by atoms with Crippen LogP contribution in [0.25, 0.3) is 0 Å². The van der Waals surface area contributed by atoms with E-state index in [-0.39, 0.29) is 5.91 Å². The van der Waals surface area contributed by atoms with E-state index in [0.717, 1.165) is 38.5 Å². The lowest BCUT2D eigenvalue weighted by Gasteiger charge is -2.36. The van der Waals surface area contributed by atoms with Gasteiger partial charge in [0.25, 0.3) is 5.91 Å². The third-order valence-electron chi connectivity index (χ3n) is 5.18. The summed E-state index contributed by atoms with van der Waals surface area (Å²) in [5, 5.41) is 2.98. The molecule has 0 saturated carbocycles. The molecule has 0 aromatic heterocycles. The van der Waals surface area contributed by atoms with E-state index in [1.54, 1.807) is 39.5 Å². The highest BCUT2D eigenvalue weighted by molar-refractivity contribution is 5.99. The molecule has 156 valence electrons. The second-order valence-electron chi connectivity index (χ2n) is 6.82. The first-order valence-electron chi connectivity index (χ1n) is 9.76. The molecule has 0 unspecified atom stereocenters. The van der Waals surface area contributed by atoms with Crippen molar-refractivity contribution in [3.05, 3.63) is 48.0 Å². The monoisotopic (exact) mass is 399 g/mol. The Bertz CT molecular complexity index is 780. The van der Waals surface area contributed by atoms with E-state index < -0.39 is 0 Å². The van der Waals surface area contributed by atoms with Gasteiger partial charge in [-0.25, -0.2) is 0 Å². The van der Waals surface area contributed by atoms with Gasteiger partial charge in [-0.1, -0.05) is 6.07 Å². The maximum atomic E-state index is 12.6. The summed E-state index contributed by atoms with van der Waals surface area (Å²) in [6, 6.07) is 13.5. The third-order valence-corrected chi connectivity index (χ3v) is 5.18. The molecule has 0 spiro atoms. The van der Waals surface area contributed by atoms with Gasteiger partial charge in [0, 0.05) is 45.0 Å². The second-order valence-corrected chi connectivity index (χ2v) is 6.82. The molecule has 0 atom stereocenters. The van der Waals surface area contributed by atoms with Gasteiger partial charge in [0.2, 0.25) is 0 Å². The molecule has 1 aliphatic rings. The van der Waals surface area contributed by atoms with Gasteiger partial charge < -0.3 is 24.4 Å². The molecule has 1 amide bonds. The Hall–Kier alpha value is -2.93. The van der Waals surface area contributed by atoms with E-state index in [0.29, 0.717) is 23.6 Å². The zero-order valence-electron chi connectivity index (χ0n) is 17.3. The minimum Gasteiger partial charge on any atom is -0.497 e. The molecule has 1 heterocycles. The van der Waals surface area contributed by atoms with Crippen LogP contribution >= 0.6 is 0 Å². The summed E-state index contributed by atoms with van der Waals surface area (Å²) in [7, 11) is 4.78. The Morgan fingerprint density at radius 3 is 2.07 bits per heavy atom. The molecule has 1 fully saturated rings.